The number of carbonyl (C=O) groups excluding carboxylic acids is 1. The molecule has 0 spiro atoms. The van der Waals surface area contributed by atoms with Crippen LogP contribution in [0, 0.1) is 0 Å². The van der Waals surface area contributed by atoms with Crippen LogP contribution in [0.2, 0.25) is 0 Å². The van der Waals surface area contributed by atoms with Crippen LogP contribution in [0.5, 0.6) is 0 Å². The summed E-state index contributed by atoms with van der Waals surface area (Å²) in [6.45, 7) is 1.16. The Labute approximate surface area is 158 Å². The second kappa shape index (κ2) is 8.08. The Morgan fingerprint density at radius 3 is 2.33 bits per heavy atom. The van der Waals surface area contributed by atoms with Crippen molar-refractivity contribution in [3.05, 3.63) is 71.8 Å². The van der Waals surface area contributed by atoms with Crippen LogP contribution in [-0.4, -0.2) is 53.6 Å². The molecule has 4 atom stereocenters. The summed E-state index contributed by atoms with van der Waals surface area (Å²) >= 11 is 0. The molecule has 0 aromatic heterocycles. The normalized spacial score (nSPS) is 26.8. The molecular formula is C21H23NO5. The predicted molar refractivity (Wildman–Crippen MR) is 97.9 cm³/mol. The van der Waals surface area contributed by atoms with Gasteiger partial charge in [-0.15, -0.1) is 0 Å². The van der Waals surface area contributed by atoms with E-state index in [0.717, 1.165) is 11.1 Å². The van der Waals surface area contributed by atoms with Crippen molar-refractivity contribution in [1.29, 1.82) is 0 Å². The van der Waals surface area contributed by atoms with Gasteiger partial charge in [0.2, 0.25) is 0 Å². The number of likely N-dealkylation sites (tertiary alicyclic amines) is 1. The standard InChI is InChI=1S/C21H23NO5/c23-17-14-26-20-18(25-12-15-7-3-1-4-8-15)11-22(19(17)20)21(24)27-13-16-9-5-2-6-10-16/h1-10,17-20,23H,11-14H2. The first-order valence-electron chi connectivity index (χ1n) is 9.15. The van der Waals surface area contributed by atoms with Crippen LogP contribution in [0.25, 0.3) is 0 Å². The molecule has 6 nitrogen and oxygen atoms in total. The predicted octanol–water partition coefficient (Wildman–Crippen LogP) is 2.35. The molecule has 2 aliphatic rings. The zero-order valence-electron chi connectivity index (χ0n) is 14.9. The third-order valence-electron chi connectivity index (χ3n) is 5.04. The van der Waals surface area contributed by atoms with Gasteiger partial charge >= 0.3 is 6.09 Å². The molecule has 4 unspecified atom stereocenters. The molecule has 0 aliphatic carbocycles. The maximum absolute atomic E-state index is 12.6. The Morgan fingerprint density at radius 2 is 1.67 bits per heavy atom. The second-order valence-electron chi connectivity index (χ2n) is 6.88. The van der Waals surface area contributed by atoms with Gasteiger partial charge in [0.1, 0.15) is 24.9 Å². The minimum absolute atomic E-state index is 0.194. The number of hydrogen-bond acceptors (Lipinski definition) is 5. The molecule has 0 saturated carbocycles. The summed E-state index contributed by atoms with van der Waals surface area (Å²) in [5, 5.41) is 10.3. The Balaban J connectivity index is 1.39. The lowest BCUT2D eigenvalue weighted by Crippen LogP contribution is -2.44. The van der Waals surface area contributed by atoms with E-state index in [9.17, 15) is 9.90 Å². The molecule has 0 bridgehead atoms. The van der Waals surface area contributed by atoms with E-state index in [0.29, 0.717) is 13.2 Å². The quantitative estimate of drug-likeness (QED) is 0.876. The molecule has 6 heteroatoms. The smallest absolute Gasteiger partial charge is 0.410 e. The topological polar surface area (TPSA) is 68.2 Å². The fraction of sp³-hybridized carbons (Fsp3) is 0.381. The number of benzene rings is 2. The molecule has 2 fully saturated rings. The van der Waals surface area contributed by atoms with Gasteiger partial charge < -0.3 is 19.3 Å². The van der Waals surface area contributed by atoms with E-state index in [2.05, 4.69) is 0 Å². The van der Waals surface area contributed by atoms with E-state index in [1.807, 2.05) is 60.7 Å². The third-order valence-corrected chi connectivity index (χ3v) is 5.04. The minimum Gasteiger partial charge on any atom is -0.445 e. The number of aliphatic hydroxyl groups excluding tert-OH is 1. The number of rotatable bonds is 5. The first-order valence-corrected chi connectivity index (χ1v) is 9.15. The van der Waals surface area contributed by atoms with Gasteiger partial charge in [-0.05, 0) is 11.1 Å². The van der Waals surface area contributed by atoms with Crippen LogP contribution in [0.4, 0.5) is 4.79 Å². The highest BCUT2D eigenvalue weighted by molar-refractivity contribution is 5.69. The lowest BCUT2D eigenvalue weighted by atomic mass is 10.1. The van der Waals surface area contributed by atoms with Crippen LogP contribution in [0.1, 0.15) is 11.1 Å². The average molecular weight is 369 g/mol. The van der Waals surface area contributed by atoms with Crippen LogP contribution in [-0.2, 0) is 27.4 Å². The van der Waals surface area contributed by atoms with Gasteiger partial charge in [0.25, 0.3) is 0 Å². The zero-order valence-corrected chi connectivity index (χ0v) is 14.9. The number of aliphatic hydroxyl groups is 1. The Kier molecular flexibility index (Phi) is 5.38. The van der Waals surface area contributed by atoms with E-state index in [4.69, 9.17) is 14.2 Å². The highest BCUT2D eigenvalue weighted by Gasteiger charge is 2.53. The molecule has 2 saturated heterocycles. The lowest BCUT2D eigenvalue weighted by molar-refractivity contribution is -0.0397. The van der Waals surface area contributed by atoms with Crippen molar-refractivity contribution in [2.24, 2.45) is 0 Å². The molecule has 27 heavy (non-hydrogen) atoms. The second-order valence-corrected chi connectivity index (χ2v) is 6.88. The summed E-state index contributed by atoms with van der Waals surface area (Å²) in [7, 11) is 0. The number of nitrogens with zero attached hydrogens (tertiary/aromatic N) is 1. The highest BCUT2D eigenvalue weighted by Crippen LogP contribution is 2.32. The number of carbonyl (C=O) groups is 1. The molecule has 1 amide bonds. The highest BCUT2D eigenvalue weighted by atomic mass is 16.6. The summed E-state index contributed by atoms with van der Waals surface area (Å²) in [5.41, 5.74) is 1.97. The summed E-state index contributed by atoms with van der Waals surface area (Å²) in [4.78, 5) is 14.2. The van der Waals surface area contributed by atoms with Crippen molar-refractivity contribution in [3.8, 4) is 0 Å². The van der Waals surface area contributed by atoms with E-state index >= 15 is 0 Å². The van der Waals surface area contributed by atoms with E-state index < -0.39 is 18.2 Å². The van der Waals surface area contributed by atoms with Crippen LogP contribution >= 0.6 is 0 Å². The summed E-state index contributed by atoms with van der Waals surface area (Å²) in [6, 6.07) is 18.9. The van der Waals surface area contributed by atoms with Crippen molar-refractivity contribution in [1.82, 2.24) is 4.90 Å². The SMILES string of the molecule is O=C(OCc1ccccc1)N1CC(OCc2ccccc2)C2OCC(O)C21. The van der Waals surface area contributed by atoms with Crippen molar-refractivity contribution in [2.45, 2.75) is 37.6 Å². The first kappa shape index (κ1) is 18.0. The minimum atomic E-state index is -0.732. The fourth-order valence-electron chi connectivity index (χ4n) is 3.68. The maximum Gasteiger partial charge on any atom is 0.410 e. The van der Waals surface area contributed by atoms with Crippen LogP contribution in [0.3, 0.4) is 0 Å². The van der Waals surface area contributed by atoms with Crippen molar-refractivity contribution in [2.75, 3.05) is 13.2 Å². The molecule has 142 valence electrons. The van der Waals surface area contributed by atoms with E-state index in [1.54, 1.807) is 4.90 Å². The first-order chi connectivity index (χ1) is 13.2. The Hall–Kier alpha value is -2.41. The number of hydrogen-bond donors (Lipinski definition) is 1. The molecule has 2 aromatic rings. The molecule has 2 aromatic carbocycles. The van der Waals surface area contributed by atoms with Crippen LogP contribution < -0.4 is 0 Å². The van der Waals surface area contributed by atoms with Gasteiger partial charge in [0.05, 0.1) is 25.8 Å². The van der Waals surface area contributed by atoms with Crippen molar-refractivity contribution < 1.29 is 24.1 Å². The lowest BCUT2D eigenvalue weighted by Gasteiger charge is -2.24. The van der Waals surface area contributed by atoms with Crippen molar-refractivity contribution in [3.63, 3.8) is 0 Å². The van der Waals surface area contributed by atoms with Crippen LogP contribution in [0.15, 0.2) is 60.7 Å². The molecule has 4 rings (SSSR count). The number of amides is 1. The molecule has 2 aliphatic heterocycles. The number of fused-ring (bicyclic) bond motifs is 1. The van der Waals surface area contributed by atoms with E-state index in [1.165, 1.54) is 0 Å². The summed E-state index contributed by atoms with van der Waals surface area (Å²) in [5.74, 6) is 0. The van der Waals surface area contributed by atoms with Gasteiger partial charge in [-0.2, -0.15) is 0 Å². The van der Waals surface area contributed by atoms with Gasteiger partial charge in [0.15, 0.2) is 0 Å². The summed E-state index contributed by atoms with van der Waals surface area (Å²) in [6.07, 6.45) is -1.82. The Bertz CT molecular complexity index is 754. The molecule has 0 radical (unpaired) electrons. The number of ether oxygens (including phenoxy) is 3. The summed E-state index contributed by atoms with van der Waals surface area (Å²) < 4.78 is 17.2. The Morgan fingerprint density at radius 1 is 1.04 bits per heavy atom. The molecular weight excluding hydrogens is 346 g/mol. The molecule has 2 heterocycles. The monoisotopic (exact) mass is 369 g/mol. The molecule has 1 N–H and O–H groups in total. The van der Waals surface area contributed by atoms with Gasteiger partial charge in [-0.25, -0.2) is 4.79 Å². The maximum atomic E-state index is 12.6. The zero-order chi connectivity index (χ0) is 18.6. The third kappa shape index (κ3) is 3.98. The fourth-order valence-corrected chi connectivity index (χ4v) is 3.68. The van der Waals surface area contributed by atoms with Gasteiger partial charge in [0, 0.05) is 0 Å². The largest absolute Gasteiger partial charge is 0.445 e. The van der Waals surface area contributed by atoms with Crippen molar-refractivity contribution >= 4 is 6.09 Å². The van der Waals surface area contributed by atoms with E-state index in [-0.39, 0.29) is 25.4 Å². The average Bonchev–Trinajstić information content (AvgIpc) is 3.27. The van der Waals surface area contributed by atoms with Gasteiger partial charge in [-0.1, -0.05) is 60.7 Å². The van der Waals surface area contributed by atoms with Gasteiger partial charge in [-0.3, -0.25) is 4.90 Å².